The Labute approximate surface area is 177 Å². The van der Waals surface area contributed by atoms with E-state index in [2.05, 4.69) is 0 Å². The summed E-state index contributed by atoms with van der Waals surface area (Å²) in [6.07, 6.45) is 0. The van der Waals surface area contributed by atoms with E-state index in [1.54, 1.807) is 39.5 Å². The van der Waals surface area contributed by atoms with Crippen LogP contribution in [0, 0.1) is 13.8 Å². The Morgan fingerprint density at radius 2 is 1.47 bits per heavy atom. The lowest BCUT2D eigenvalue weighted by molar-refractivity contribution is 0.0600. The van der Waals surface area contributed by atoms with Crippen molar-refractivity contribution in [1.82, 2.24) is 0 Å². The number of aryl methyl sites for hydroxylation is 1. The van der Waals surface area contributed by atoms with Crippen molar-refractivity contribution >= 4 is 5.97 Å². The van der Waals surface area contributed by atoms with Crippen LogP contribution in [0.5, 0.6) is 23.0 Å². The third kappa shape index (κ3) is 5.56. The van der Waals surface area contributed by atoms with Crippen LogP contribution in [-0.4, -0.2) is 34.4 Å². The molecule has 0 aliphatic rings. The second kappa shape index (κ2) is 11.0. The third-order valence-electron chi connectivity index (χ3n) is 4.46. The molecule has 0 amide bonds. The van der Waals surface area contributed by atoms with Gasteiger partial charge in [0.2, 0.25) is 5.75 Å². The van der Waals surface area contributed by atoms with Crippen molar-refractivity contribution < 1.29 is 28.5 Å². The predicted molar refractivity (Wildman–Crippen MR) is 115 cm³/mol. The first-order chi connectivity index (χ1) is 14.4. The molecule has 6 nitrogen and oxygen atoms in total. The molecule has 0 radical (unpaired) electrons. The number of methoxy groups -OCH3 is 4. The van der Waals surface area contributed by atoms with Crippen LogP contribution in [0.15, 0.2) is 48.5 Å². The van der Waals surface area contributed by atoms with Crippen LogP contribution in [-0.2, 0) is 11.3 Å². The SMILES string of the molecule is COC(=O)c1cc(C)cc(OC)c(OC)c(OC)c(C)c(OCc2ccccc2)c1. The molecule has 0 fully saturated rings. The summed E-state index contributed by atoms with van der Waals surface area (Å²) < 4.78 is 27.8. The van der Waals surface area contributed by atoms with E-state index in [0.717, 1.165) is 11.1 Å². The number of esters is 1. The zero-order chi connectivity index (χ0) is 22.1. The van der Waals surface area contributed by atoms with Crippen molar-refractivity contribution in [2.24, 2.45) is 0 Å². The molecule has 0 N–H and O–H groups in total. The Morgan fingerprint density at radius 3 is 2.03 bits per heavy atom. The van der Waals surface area contributed by atoms with Gasteiger partial charge in [0.25, 0.3) is 0 Å². The van der Waals surface area contributed by atoms with E-state index >= 15 is 0 Å². The highest BCUT2D eigenvalue weighted by Crippen LogP contribution is 2.40. The zero-order valence-electron chi connectivity index (χ0n) is 18.3. The van der Waals surface area contributed by atoms with Gasteiger partial charge in [-0.1, -0.05) is 30.3 Å². The van der Waals surface area contributed by atoms with E-state index in [0.29, 0.717) is 40.7 Å². The summed E-state index contributed by atoms with van der Waals surface area (Å²) in [5, 5.41) is 0. The van der Waals surface area contributed by atoms with Crippen LogP contribution >= 0.6 is 0 Å². The van der Waals surface area contributed by atoms with Crippen molar-refractivity contribution in [3.63, 3.8) is 0 Å². The fraction of sp³-hybridized carbons (Fsp3) is 0.292. The van der Waals surface area contributed by atoms with E-state index in [1.807, 2.05) is 44.2 Å². The van der Waals surface area contributed by atoms with Gasteiger partial charge in [-0.25, -0.2) is 4.79 Å². The molecule has 30 heavy (non-hydrogen) atoms. The van der Waals surface area contributed by atoms with Gasteiger partial charge in [-0.05, 0) is 43.2 Å². The van der Waals surface area contributed by atoms with Crippen molar-refractivity contribution in [2.45, 2.75) is 20.5 Å². The number of ether oxygens (including phenoxy) is 5. The summed E-state index contributed by atoms with van der Waals surface area (Å²) in [6, 6.07) is 14.9. The Morgan fingerprint density at radius 1 is 0.800 bits per heavy atom. The van der Waals surface area contributed by atoms with Gasteiger partial charge in [0, 0.05) is 5.56 Å². The summed E-state index contributed by atoms with van der Waals surface area (Å²) in [4.78, 5) is 12.4. The lowest BCUT2D eigenvalue weighted by Crippen LogP contribution is -2.03. The van der Waals surface area contributed by atoms with Crippen LogP contribution in [0.4, 0.5) is 0 Å². The van der Waals surface area contributed by atoms with Gasteiger partial charge in [-0.2, -0.15) is 0 Å². The molecule has 6 heteroatoms. The van der Waals surface area contributed by atoms with Crippen LogP contribution < -0.4 is 18.9 Å². The van der Waals surface area contributed by atoms with Crippen LogP contribution in [0.2, 0.25) is 0 Å². The molecule has 2 rings (SSSR count). The summed E-state index contributed by atoms with van der Waals surface area (Å²) in [5.74, 6) is 1.28. The maximum absolute atomic E-state index is 12.4. The number of hydrogen-bond donors (Lipinski definition) is 0. The number of benzene rings is 1. The number of carbonyl (C=O) groups excluding carboxylic acids is 1. The summed E-state index contributed by atoms with van der Waals surface area (Å²) in [7, 11) is 5.96. The van der Waals surface area contributed by atoms with Gasteiger partial charge in [0.05, 0.1) is 34.0 Å². The minimum Gasteiger partial charge on any atom is -0.493 e. The van der Waals surface area contributed by atoms with Gasteiger partial charge in [0.15, 0.2) is 11.5 Å². The van der Waals surface area contributed by atoms with E-state index in [4.69, 9.17) is 23.7 Å². The van der Waals surface area contributed by atoms with Crippen molar-refractivity contribution in [3.8, 4) is 23.0 Å². The lowest BCUT2D eigenvalue weighted by Gasteiger charge is -2.15. The van der Waals surface area contributed by atoms with Gasteiger partial charge in [-0.15, -0.1) is 0 Å². The molecule has 0 unspecified atom stereocenters. The maximum Gasteiger partial charge on any atom is 0.337 e. The summed E-state index contributed by atoms with van der Waals surface area (Å²) in [5.41, 5.74) is 2.72. The average Bonchev–Trinajstić information content (AvgIpc) is 2.77. The first kappa shape index (κ1) is 22.9. The van der Waals surface area contributed by atoms with Crippen molar-refractivity contribution in [2.75, 3.05) is 28.4 Å². The quantitative estimate of drug-likeness (QED) is 0.608. The predicted octanol–water partition coefficient (Wildman–Crippen LogP) is 4.82. The van der Waals surface area contributed by atoms with Gasteiger partial charge >= 0.3 is 5.97 Å². The molecule has 2 aromatic rings. The Hall–Kier alpha value is -3.41. The first-order valence-corrected chi connectivity index (χ1v) is 9.39. The molecule has 0 heterocycles. The van der Waals surface area contributed by atoms with Gasteiger partial charge in [-0.3, -0.25) is 0 Å². The first-order valence-electron chi connectivity index (χ1n) is 9.39. The van der Waals surface area contributed by atoms with E-state index in [9.17, 15) is 4.79 Å². The Kier molecular flexibility index (Phi) is 8.35. The summed E-state index contributed by atoms with van der Waals surface area (Å²) in [6.45, 7) is 3.99. The van der Waals surface area contributed by atoms with Crippen molar-refractivity contribution in [1.29, 1.82) is 0 Å². The monoisotopic (exact) mass is 412 g/mol. The van der Waals surface area contributed by atoms with Gasteiger partial charge < -0.3 is 23.7 Å². The second-order valence-corrected chi connectivity index (χ2v) is 6.52. The minimum absolute atomic E-state index is 0.313. The molecule has 0 saturated heterocycles. The maximum atomic E-state index is 12.4. The number of rotatable bonds is 7. The van der Waals surface area contributed by atoms with E-state index in [-0.39, 0.29) is 0 Å². The molecule has 0 aliphatic carbocycles. The number of carbonyl (C=O) groups is 1. The van der Waals surface area contributed by atoms with E-state index < -0.39 is 5.97 Å². The fourth-order valence-corrected chi connectivity index (χ4v) is 2.96. The van der Waals surface area contributed by atoms with Crippen LogP contribution in [0.3, 0.4) is 0 Å². The lowest BCUT2D eigenvalue weighted by atomic mass is 10.1. The molecular formula is C24H28O6. The molecule has 0 spiro atoms. The smallest absolute Gasteiger partial charge is 0.337 e. The largest absolute Gasteiger partial charge is 0.493 e. The van der Waals surface area contributed by atoms with E-state index in [1.165, 1.54) is 7.11 Å². The third-order valence-corrected chi connectivity index (χ3v) is 4.46. The van der Waals surface area contributed by atoms with Crippen LogP contribution in [0.25, 0.3) is 0 Å². The standard InChI is InChI=1S/C24H28O6/c1-16-12-19(24(25)29-6)14-20(30-15-18-10-8-7-9-11-18)17(2)22(27-4)23(28-5)21(13-16)26-3/h7-14H,15H2,1-6H3. The Balaban J connectivity index is 2.83. The van der Waals surface area contributed by atoms with Gasteiger partial charge in [0.1, 0.15) is 12.4 Å². The highest BCUT2D eigenvalue weighted by atomic mass is 16.5. The topological polar surface area (TPSA) is 63.2 Å². The highest BCUT2D eigenvalue weighted by molar-refractivity contribution is 5.89. The molecule has 0 saturated carbocycles. The molecule has 0 atom stereocenters. The minimum atomic E-state index is -0.481. The molecular weight excluding hydrogens is 384 g/mol. The molecule has 0 aliphatic heterocycles. The molecule has 160 valence electrons. The average molecular weight is 412 g/mol. The van der Waals surface area contributed by atoms with Crippen LogP contribution in [0.1, 0.15) is 27.0 Å². The second-order valence-electron chi connectivity index (χ2n) is 6.52. The number of hydrogen-bond acceptors (Lipinski definition) is 6. The molecule has 0 aromatic heterocycles. The molecule has 0 bridgehead atoms. The fourth-order valence-electron chi connectivity index (χ4n) is 2.96. The zero-order valence-corrected chi connectivity index (χ0v) is 18.3. The van der Waals surface area contributed by atoms with Crippen molar-refractivity contribution in [3.05, 3.63) is 70.8 Å². The molecule has 2 aromatic carbocycles. The normalized spacial score (nSPS) is 9.93. The Bertz CT molecular complexity index is 936. The highest BCUT2D eigenvalue weighted by Gasteiger charge is 2.16. The summed E-state index contributed by atoms with van der Waals surface area (Å²) >= 11 is 0.